The summed E-state index contributed by atoms with van der Waals surface area (Å²) in [5.41, 5.74) is 0. The van der Waals surface area contributed by atoms with Gasteiger partial charge in [-0.1, -0.05) is 79.8 Å². The van der Waals surface area contributed by atoms with Crippen LogP contribution >= 0.6 is 0 Å². The Morgan fingerprint density at radius 1 is 0.732 bits per heavy atom. The van der Waals surface area contributed by atoms with E-state index < -0.39 is 23.9 Å². The molecule has 0 aromatic carbocycles. The SMILES string of the molecule is CCC=CCC=CCC=CCC=CCC=CCC=CCCC(=O)NCCCC[C@H](NC(=O)/C=C/C(=O)OC)C(=O)O. The van der Waals surface area contributed by atoms with Gasteiger partial charge >= 0.3 is 11.9 Å². The summed E-state index contributed by atoms with van der Waals surface area (Å²) in [5.74, 6) is -2.61. The summed E-state index contributed by atoms with van der Waals surface area (Å²) < 4.78 is 4.38. The summed E-state index contributed by atoms with van der Waals surface area (Å²) in [4.78, 5) is 46.0. The summed E-state index contributed by atoms with van der Waals surface area (Å²) in [5, 5.41) is 14.4. The standard InChI is InChI=1S/C33H48N2O6/c1-3-4-5-6-7-8-9-10-11-12-13-14-15-16-17-18-19-20-21-25-30(36)34-28-23-22-24-29(33(39)40)35-31(37)26-27-32(38)41-2/h4-5,7-8,10-11,13-14,16-17,19-20,26-27,29H,3,6,9,12,15,18,21-25,28H2,1-2H3,(H,34,36)(H,35,37)(H,39,40)/b5-4?,8-7?,11-10?,14-13?,17-16?,20-19?,27-26+/t29-/m0/s1. The van der Waals surface area contributed by atoms with Gasteiger partial charge in [-0.15, -0.1) is 0 Å². The van der Waals surface area contributed by atoms with Gasteiger partial charge in [0.25, 0.3) is 0 Å². The summed E-state index contributed by atoms with van der Waals surface area (Å²) in [6.07, 6.45) is 35.6. The fraction of sp³-hybridized carbons (Fsp3) is 0.455. The van der Waals surface area contributed by atoms with Gasteiger partial charge in [0.1, 0.15) is 6.04 Å². The number of hydrogen-bond donors (Lipinski definition) is 3. The lowest BCUT2D eigenvalue weighted by Crippen LogP contribution is -2.40. The Morgan fingerprint density at radius 3 is 1.73 bits per heavy atom. The molecule has 0 aromatic rings. The van der Waals surface area contributed by atoms with Gasteiger partial charge in [-0.05, 0) is 64.2 Å². The number of unbranched alkanes of at least 4 members (excludes halogenated alkanes) is 1. The van der Waals surface area contributed by atoms with E-state index in [0.29, 0.717) is 32.2 Å². The van der Waals surface area contributed by atoms with Gasteiger partial charge in [-0.25, -0.2) is 9.59 Å². The minimum absolute atomic E-state index is 0.0550. The van der Waals surface area contributed by atoms with Crippen LogP contribution in [0.5, 0.6) is 0 Å². The van der Waals surface area contributed by atoms with E-state index in [4.69, 9.17) is 0 Å². The largest absolute Gasteiger partial charge is 0.480 e. The van der Waals surface area contributed by atoms with Crippen molar-refractivity contribution in [3.63, 3.8) is 0 Å². The van der Waals surface area contributed by atoms with Gasteiger partial charge in [-0.2, -0.15) is 0 Å². The number of carbonyl (C=O) groups excluding carboxylic acids is 3. The van der Waals surface area contributed by atoms with Crippen LogP contribution in [0.1, 0.15) is 77.6 Å². The van der Waals surface area contributed by atoms with Crippen LogP contribution in [0.25, 0.3) is 0 Å². The zero-order valence-corrected chi connectivity index (χ0v) is 24.6. The first-order chi connectivity index (χ1) is 19.9. The Kier molecular flexibility index (Phi) is 25.0. The first-order valence-electron chi connectivity index (χ1n) is 14.4. The average Bonchev–Trinajstić information content (AvgIpc) is 2.96. The molecule has 0 aliphatic heterocycles. The molecule has 0 saturated heterocycles. The Morgan fingerprint density at radius 2 is 1.24 bits per heavy atom. The monoisotopic (exact) mass is 568 g/mol. The molecule has 0 heterocycles. The van der Waals surface area contributed by atoms with Gasteiger partial charge in [0.2, 0.25) is 11.8 Å². The summed E-state index contributed by atoms with van der Waals surface area (Å²) >= 11 is 0. The number of carboxylic acids is 1. The minimum atomic E-state index is -1.16. The molecule has 0 aliphatic rings. The molecule has 0 aromatic heterocycles. The van der Waals surface area contributed by atoms with Gasteiger partial charge in [0, 0.05) is 25.1 Å². The number of methoxy groups -OCH3 is 1. The smallest absolute Gasteiger partial charge is 0.330 e. The molecule has 0 saturated carbocycles. The topological polar surface area (TPSA) is 122 Å². The first kappa shape index (κ1) is 37.1. The summed E-state index contributed by atoms with van der Waals surface area (Å²) in [7, 11) is 1.18. The molecule has 3 N–H and O–H groups in total. The Labute approximate surface area is 245 Å². The van der Waals surface area contributed by atoms with Crippen LogP contribution in [0.15, 0.2) is 85.1 Å². The maximum atomic E-state index is 12.0. The molecule has 0 rings (SSSR count). The predicted octanol–water partition coefficient (Wildman–Crippen LogP) is 6.05. The quantitative estimate of drug-likeness (QED) is 0.0597. The number of amides is 2. The van der Waals surface area contributed by atoms with Crippen LogP contribution in [-0.4, -0.2) is 48.6 Å². The van der Waals surface area contributed by atoms with Crippen molar-refractivity contribution in [1.82, 2.24) is 10.6 Å². The average molecular weight is 569 g/mol. The number of carbonyl (C=O) groups is 4. The van der Waals surface area contributed by atoms with Gasteiger partial charge in [0.15, 0.2) is 0 Å². The van der Waals surface area contributed by atoms with Gasteiger partial charge < -0.3 is 20.5 Å². The highest BCUT2D eigenvalue weighted by Gasteiger charge is 2.18. The zero-order valence-electron chi connectivity index (χ0n) is 24.6. The van der Waals surface area contributed by atoms with E-state index in [2.05, 4.69) is 83.1 Å². The third-order valence-corrected chi connectivity index (χ3v) is 5.56. The molecule has 0 radical (unpaired) electrons. The molecule has 8 nitrogen and oxygen atoms in total. The van der Waals surface area contributed by atoms with E-state index in [1.165, 1.54) is 7.11 Å². The van der Waals surface area contributed by atoms with Crippen LogP contribution in [-0.2, 0) is 23.9 Å². The van der Waals surface area contributed by atoms with Crippen molar-refractivity contribution in [3.05, 3.63) is 85.1 Å². The number of aliphatic carboxylic acids is 1. The second-order valence-electron chi connectivity index (χ2n) is 9.06. The molecular weight excluding hydrogens is 520 g/mol. The third-order valence-electron chi connectivity index (χ3n) is 5.56. The number of nitrogens with one attached hydrogen (secondary N) is 2. The molecular formula is C33H48N2O6. The molecule has 0 unspecified atom stereocenters. The summed E-state index contributed by atoms with van der Waals surface area (Å²) in [6, 6.07) is -1.08. The molecule has 0 bridgehead atoms. The van der Waals surface area contributed by atoms with E-state index in [0.717, 1.165) is 50.7 Å². The molecule has 0 fully saturated rings. The fourth-order valence-electron chi connectivity index (χ4n) is 3.33. The Balaban J connectivity index is 3.85. The molecule has 8 heteroatoms. The number of hydrogen-bond acceptors (Lipinski definition) is 5. The summed E-state index contributed by atoms with van der Waals surface area (Å²) in [6.45, 7) is 2.57. The van der Waals surface area contributed by atoms with Crippen molar-refractivity contribution in [2.24, 2.45) is 0 Å². The highest BCUT2D eigenvalue weighted by Crippen LogP contribution is 2.02. The number of allylic oxidation sites excluding steroid dienone is 12. The van der Waals surface area contributed by atoms with Gasteiger partial charge in [0.05, 0.1) is 7.11 Å². The van der Waals surface area contributed by atoms with E-state index >= 15 is 0 Å². The number of carboxylic acid groups (broad SMARTS) is 1. The van der Waals surface area contributed by atoms with Crippen molar-refractivity contribution >= 4 is 23.8 Å². The Bertz CT molecular complexity index is 957. The molecule has 1 atom stereocenters. The van der Waals surface area contributed by atoms with Crippen molar-refractivity contribution in [3.8, 4) is 0 Å². The maximum Gasteiger partial charge on any atom is 0.330 e. The number of esters is 1. The molecule has 226 valence electrons. The van der Waals surface area contributed by atoms with Crippen molar-refractivity contribution < 1.29 is 29.0 Å². The first-order valence-corrected chi connectivity index (χ1v) is 14.4. The lowest BCUT2D eigenvalue weighted by atomic mass is 10.1. The molecule has 0 spiro atoms. The van der Waals surface area contributed by atoms with Crippen molar-refractivity contribution in [1.29, 1.82) is 0 Å². The number of rotatable bonds is 23. The maximum absolute atomic E-state index is 12.0. The Hall–Kier alpha value is -3.94. The fourth-order valence-corrected chi connectivity index (χ4v) is 3.33. The minimum Gasteiger partial charge on any atom is -0.480 e. The van der Waals surface area contributed by atoms with E-state index in [1.807, 2.05) is 12.2 Å². The van der Waals surface area contributed by atoms with Crippen LogP contribution in [0.4, 0.5) is 0 Å². The van der Waals surface area contributed by atoms with E-state index in [-0.39, 0.29) is 12.3 Å². The second-order valence-corrected chi connectivity index (χ2v) is 9.06. The van der Waals surface area contributed by atoms with Crippen LogP contribution in [0.3, 0.4) is 0 Å². The zero-order chi connectivity index (χ0) is 30.4. The third kappa shape index (κ3) is 26.1. The predicted molar refractivity (Wildman–Crippen MR) is 165 cm³/mol. The normalized spacial score (nSPS) is 13.0. The van der Waals surface area contributed by atoms with E-state index in [1.54, 1.807) is 0 Å². The van der Waals surface area contributed by atoms with Gasteiger partial charge in [-0.3, -0.25) is 9.59 Å². The highest BCUT2D eigenvalue weighted by molar-refractivity contribution is 5.96. The van der Waals surface area contributed by atoms with Crippen LogP contribution < -0.4 is 10.6 Å². The number of ether oxygens (including phenoxy) is 1. The molecule has 0 aliphatic carbocycles. The lowest BCUT2D eigenvalue weighted by molar-refractivity contribution is -0.141. The van der Waals surface area contributed by atoms with Crippen molar-refractivity contribution in [2.45, 2.75) is 83.6 Å². The van der Waals surface area contributed by atoms with Crippen LogP contribution in [0, 0.1) is 0 Å². The van der Waals surface area contributed by atoms with Crippen molar-refractivity contribution in [2.75, 3.05) is 13.7 Å². The highest BCUT2D eigenvalue weighted by atomic mass is 16.5. The van der Waals surface area contributed by atoms with E-state index in [9.17, 15) is 24.3 Å². The second kappa shape index (κ2) is 27.6. The molecule has 41 heavy (non-hydrogen) atoms. The van der Waals surface area contributed by atoms with Crippen LogP contribution in [0.2, 0.25) is 0 Å². The molecule has 2 amide bonds. The lowest BCUT2D eigenvalue weighted by Gasteiger charge is -2.13.